The van der Waals surface area contributed by atoms with Gasteiger partial charge in [0, 0.05) is 0 Å². The van der Waals surface area contributed by atoms with Gasteiger partial charge < -0.3 is 4.74 Å². The van der Waals surface area contributed by atoms with Crippen molar-refractivity contribution in [2.75, 3.05) is 0 Å². The van der Waals surface area contributed by atoms with Crippen molar-refractivity contribution in [3.63, 3.8) is 0 Å². The van der Waals surface area contributed by atoms with Crippen LogP contribution in [0.3, 0.4) is 0 Å². The highest BCUT2D eigenvalue weighted by molar-refractivity contribution is 4.87. The zero-order chi connectivity index (χ0) is 8.72. The second-order valence-electron chi connectivity index (χ2n) is 4.81. The third-order valence-electron chi connectivity index (χ3n) is 4.09. The Morgan fingerprint density at radius 3 is 2.50 bits per heavy atom. The van der Waals surface area contributed by atoms with Crippen molar-refractivity contribution < 1.29 is 4.74 Å². The second-order valence-corrected chi connectivity index (χ2v) is 4.81. The molecule has 0 amide bonds. The molecule has 0 saturated carbocycles. The lowest BCUT2D eigenvalue weighted by Crippen LogP contribution is -2.24. The van der Waals surface area contributed by atoms with Crippen molar-refractivity contribution in [2.24, 2.45) is 17.8 Å². The van der Waals surface area contributed by atoms with E-state index in [1.165, 1.54) is 19.3 Å². The van der Waals surface area contributed by atoms with Gasteiger partial charge in [-0.15, -0.1) is 0 Å². The van der Waals surface area contributed by atoms with Gasteiger partial charge in [0.15, 0.2) is 0 Å². The first-order valence-electron chi connectivity index (χ1n) is 5.34. The van der Waals surface area contributed by atoms with Crippen LogP contribution in [0.2, 0.25) is 0 Å². The quantitative estimate of drug-likeness (QED) is 0.540. The molecule has 1 nitrogen and oxygen atoms in total. The van der Waals surface area contributed by atoms with E-state index in [2.05, 4.69) is 20.8 Å². The highest BCUT2D eigenvalue weighted by atomic mass is 16.5. The summed E-state index contributed by atoms with van der Waals surface area (Å²) in [4.78, 5) is 0. The maximum atomic E-state index is 5.98. The minimum atomic E-state index is 0.579. The van der Waals surface area contributed by atoms with Crippen LogP contribution >= 0.6 is 0 Å². The molecule has 2 bridgehead atoms. The highest BCUT2D eigenvalue weighted by Crippen LogP contribution is 2.40. The molecular formula is C11H20O. The Hall–Kier alpha value is -0.0400. The summed E-state index contributed by atoms with van der Waals surface area (Å²) in [6, 6.07) is 0. The van der Waals surface area contributed by atoms with Crippen molar-refractivity contribution in [2.45, 2.75) is 52.2 Å². The van der Waals surface area contributed by atoms with Crippen LogP contribution in [0.5, 0.6) is 0 Å². The first-order chi connectivity index (χ1) is 5.68. The molecule has 2 aliphatic rings. The second kappa shape index (κ2) is 3.02. The van der Waals surface area contributed by atoms with Gasteiger partial charge in [0.05, 0.1) is 12.2 Å². The predicted molar refractivity (Wildman–Crippen MR) is 50.0 cm³/mol. The summed E-state index contributed by atoms with van der Waals surface area (Å²) in [5.74, 6) is 2.48. The van der Waals surface area contributed by atoms with Crippen LogP contribution in [0, 0.1) is 17.8 Å². The molecule has 1 unspecified atom stereocenters. The maximum absolute atomic E-state index is 5.98. The van der Waals surface area contributed by atoms with Crippen LogP contribution < -0.4 is 0 Å². The zero-order valence-electron chi connectivity index (χ0n) is 8.42. The molecule has 5 atom stereocenters. The normalized spacial score (nSPS) is 53.8. The molecule has 0 N–H and O–H groups in total. The molecule has 2 fully saturated rings. The summed E-state index contributed by atoms with van der Waals surface area (Å²) in [6.07, 6.45) is 5.09. The summed E-state index contributed by atoms with van der Waals surface area (Å²) in [6.45, 7) is 7.13. The summed E-state index contributed by atoms with van der Waals surface area (Å²) in [5, 5.41) is 0. The van der Waals surface area contributed by atoms with Crippen LogP contribution in [0.25, 0.3) is 0 Å². The molecule has 0 spiro atoms. The van der Waals surface area contributed by atoms with Gasteiger partial charge in [0.1, 0.15) is 0 Å². The molecule has 0 radical (unpaired) electrons. The molecule has 2 saturated heterocycles. The van der Waals surface area contributed by atoms with E-state index in [9.17, 15) is 0 Å². The molecular weight excluding hydrogens is 148 g/mol. The van der Waals surface area contributed by atoms with Crippen molar-refractivity contribution in [3.8, 4) is 0 Å². The molecule has 2 aliphatic heterocycles. The minimum absolute atomic E-state index is 0.579. The monoisotopic (exact) mass is 168 g/mol. The number of hydrogen-bond acceptors (Lipinski definition) is 1. The van der Waals surface area contributed by atoms with Crippen molar-refractivity contribution in [3.05, 3.63) is 0 Å². The van der Waals surface area contributed by atoms with Gasteiger partial charge in [-0.2, -0.15) is 0 Å². The van der Waals surface area contributed by atoms with Gasteiger partial charge in [-0.25, -0.2) is 0 Å². The molecule has 0 aromatic rings. The first-order valence-corrected chi connectivity index (χ1v) is 5.34. The average Bonchev–Trinajstić information content (AvgIpc) is 2.46. The summed E-state index contributed by atoms with van der Waals surface area (Å²) < 4.78 is 5.98. The lowest BCUT2D eigenvalue weighted by molar-refractivity contribution is 0.0218. The number of ether oxygens (including phenoxy) is 1. The van der Waals surface area contributed by atoms with E-state index in [-0.39, 0.29) is 0 Å². The van der Waals surface area contributed by atoms with Gasteiger partial charge in [0.2, 0.25) is 0 Å². The molecule has 0 aliphatic carbocycles. The molecule has 12 heavy (non-hydrogen) atoms. The van der Waals surface area contributed by atoms with Gasteiger partial charge >= 0.3 is 0 Å². The first kappa shape index (κ1) is 8.55. The molecule has 2 heterocycles. The smallest absolute Gasteiger partial charge is 0.0608 e. The molecule has 70 valence electrons. The summed E-state index contributed by atoms with van der Waals surface area (Å²) in [7, 11) is 0. The summed E-state index contributed by atoms with van der Waals surface area (Å²) in [5.41, 5.74) is 0. The van der Waals surface area contributed by atoms with Crippen LogP contribution in [0.15, 0.2) is 0 Å². The number of fused-ring (bicyclic) bond motifs is 2. The fraction of sp³-hybridized carbons (Fsp3) is 1.00. The van der Waals surface area contributed by atoms with Crippen molar-refractivity contribution >= 4 is 0 Å². The van der Waals surface area contributed by atoms with Crippen LogP contribution in [0.4, 0.5) is 0 Å². The van der Waals surface area contributed by atoms with E-state index in [1.54, 1.807) is 0 Å². The maximum Gasteiger partial charge on any atom is 0.0608 e. The minimum Gasteiger partial charge on any atom is -0.375 e. The topological polar surface area (TPSA) is 9.23 Å². The Morgan fingerprint density at radius 1 is 1.00 bits per heavy atom. The Labute approximate surface area is 75.5 Å². The van der Waals surface area contributed by atoms with Gasteiger partial charge in [-0.3, -0.25) is 0 Å². The Morgan fingerprint density at radius 2 is 1.75 bits per heavy atom. The van der Waals surface area contributed by atoms with Crippen LogP contribution in [-0.4, -0.2) is 12.2 Å². The van der Waals surface area contributed by atoms with Gasteiger partial charge in [-0.05, 0) is 37.0 Å². The van der Waals surface area contributed by atoms with Gasteiger partial charge in [0.25, 0.3) is 0 Å². The fourth-order valence-electron chi connectivity index (χ4n) is 2.78. The number of rotatable bonds is 0. The van der Waals surface area contributed by atoms with E-state index >= 15 is 0 Å². The Kier molecular flexibility index (Phi) is 2.16. The van der Waals surface area contributed by atoms with Crippen LogP contribution in [0.1, 0.15) is 40.0 Å². The van der Waals surface area contributed by atoms with E-state index in [4.69, 9.17) is 4.74 Å². The average molecular weight is 168 g/mol. The van der Waals surface area contributed by atoms with E-state index in [0.29, 0.717) is 12.2 Å². The van der Waals surface area contributed by atoms with Crippen molar-refractivity contribution in [1.82, 2.24) is 0 Å². The fourth-order valence-corrected chi connectivity index (χ4v) is 2.78. The Bertz CT molecular complexity index is 164. The molecule has 0 aromatic heterocycles. The lowest BCUT2D eigenvalue weighted by atomic mass is 9.78. The van der Waals surface area contributed by atoms with E-state index in [0.717, 1.165) is 17.8 Å². The predicted octanol–water partition coefficient (Wildman–Crippen LogP) is 2.85. The van der Waals surface area contributed by atoms with Crippen LogP contribution in [-0.2, 0) is 4.74 Å². The molecule has 0 aromatic carbocycles. The molecule has 1 heteroatoms. The Balaban J connectivity index is 2.13. The zero-order valence-corrected chi connectivity index (χ0v) is 8.42. The third kappa shape index (κ3) is 1.28. The largest absolute Gasteiger partial charge is 0.375 e. The SMILES string of the molecule is CC1[C@@H](C)C[C@H]2CC[C@H](O2)[C@H]1C. The van der Waals surface area contributed by atoms with E-state index in [1.807, 2.05) is 0 Å². The highest BCUT2D eigenvalue weighted by Gasteiger charge is 2.38. The third-order valence-corrected chi connectivity index (χ3v) is 4.09. The molecule has 2 rings (SSSR count). The standard InChI is InChI=1S/C11H20O/c1-7-6-10-4-5-11(12-10)9(3)8(7)2/h7-11H,4-6H2,1-3H3/t7-,8?,9-,10+,11-/m0/s1. The van der Waals surface area contributed by atoms with Crippen molar-refractivity contribution in [1.29, 1.82) is 0 Å². The lowest BCUT2D eigenvalue weighted by Gasteiger charge is -2.27. The summed E-state index contributed by atoms with van der Waals surface area (Å²) >= 11 is 0. The number of hydrogen-bond donors (Lipinski definition) is 0. The van der Waals surface area contributed by atoms with E-state index < -0.39 is 0 Å². The van der Waals surface area contributed by atoms with Gasteiger partial charge in [-0.1, -0.05) is 20.8 Å².